The van der Waals surface area contributed by atoms with Crippen molar-refractivity contribution in [3.05, 3.63) is 36.0 Å². The Morgan fingerprint density at radius 3 is 2.85 bits per heavy atom. The van der Waals surface area contributed by atoms with Crippen LogP contribution in [0.4, 0.5) is 8.78 Å². The molecule has 0 saturated carbocycles. The van der Waals surface area contributed by atoms with E-state index in [9.17, 15) is 13.0 Å². The van der Waals surface area contributed by atoms with Crippen molar-refractivity contribution in [3.8, 4) is 17.2 Å². The zero-order valence-corrected chi connectivity index (χ0v) is 14.1. The standard InChI is InChI=1S/C16H15F2N3O4S/c1-23-13-5-6-19-12(14(13)24-2)8-26(22)16-20-10-4-3-9(25-15(17)18)7-11(10)21-16/h3-7,15H,8H2,1-2H3,(H,20,21)/i3D,4D,5D,6D,7D,8D2. The molecule has 0 saturated heterocycles. The Kier molecular flexibility index (Phi) is 3.25. The van der Waals surface area contributed by atoms with E-state index >= 15 is 0 Å². The molecule has 1 unspecified atom stereocenters. The van der Waals surface area contributed by atoms with Gasteiger partial charge in [-0.3, -0.25) is 9.19 Å². The molecular formula is C16H15F2N3O4S. The van der Waals surface area contributed by atoms with Gasteiger partial charge in [0.15, 0.2) is 16.7 Å². The van der Waals surface area contributed by atoms with Crippen molar-refractivity contribution in [2.45, 2.75) is 17.5 Å². The second-order valence-electron chi connectivity index (χ2n) is 4.48. The summed E-state index contributed by atoms with van der Waals surface area (Å²) in [5.74, 6) is -1.59. The number of alkyl halides is 2. The fourth-order valence-electron chi connectivity index (χ4n) is 1.92. The third-order valence-electron chi connectivity index (χ3n) is 2.95. The summed E-state index contributed by atoms with van der Waals surface area (Å²) in [7, 11) is -0.457. The van der Waals surface area contributed by atoms with Crippen LogP contribution in [-0.2, 0) is 16.5 Å². The van der Waals surface area contributed by atoms with Crippen LogP contribution < -0.4 is 14.2 Å². The van der Waals surface area contributed by atoms with Crippen LogP contribution in [0, 0.1) is 0 Å². The molecule has 0 amide bonds. The normalized spacial score (nSPS) is 16.7. The molecule has 7 nitrogen and oxygen atoms in total. The molecule has 1 aromatic carbocycles. The molecule has 3 rings (SSSR count). The zero-order chi connectivity index (χ0) is 24.8. The molecule has 138 valence electrons. The Bertz CT molecular complexity index is 1280. The minimum atomic E-state index is -3.37. The van der Waals surface area contributed by atoms with E-state index in [1.54, 1.807) is 0 Å². The number of imidazole rings is 1. The van der Waals surface area contributed by atoms with Crippen LogP contribution in [0.5, 0.6) is 17.2 Å². The number of hydrogen-bond donors (Lipinski definition) is 1. The van der Waals surface area contributed by atoms with Gasteiger partial charge in [0.25, 0.3) is 0 Å². The van der Waals surface area contributed by atoms with E-state index in [1.165, 1.54) is 0 Å². The maximum absolute atomic E-state index is 13.1. The van der Waals surface area contributed by atoms with Gasteiger partial charge in [0, 0.05) is 21.0 Å². The summed E-state index contributed by atoms with van der Waals surface area (Å²) in [6.07, 6.45) is -0.678. The highest BCUT2D eigenvalue weighted by atomic mass is 32.2. The molecule has 3 aromatic rings. The number of benzene rings is 1. The molecule has 1 atom stereocenters. The number of hydrogen-bond acceptors (Lipinski definition) is 6. The lowest BCUT2D eigenvalue weighted by atomic mass is 10.3. The van der Waals surface area contributed by atoms with Gasteiger partial charge in [-0.2, -0.15) is 8.78 Å². The van der Waals surface area contributed by atoms with E-state index in [0.29, 0.717) is 0 Å². The first-order valence-corrected chi connectivity index (χ1v) is 7.97. The maximum Gasteiger partial charge on any atom is 0.387 e. The van der Waals surface area contributed by atoms with Crippen molar-refractivity contribution in [1.82, 2.24) is 15.0 Å². The largest absolute Gasteiger partial charge is 0.493 e. The number of pyridine rings is 1. The number of methoxy groups -OCH3 is 2. The fraction of sp³-hybridized carbons (Fsp3) is 0.250. The summed E-state index contributed by atoms with van der Waals surface area (Å²) < 4.78 is 109. The minimum Gasteiger partial charge on any atom is -0.493 e. The average Bonchev–Trinajstić information content (AvgIpc) is 3.21. The lowest BCUT2D eigenvalue weighted by Gasteiger charge is -2.10. The molecule has 2 aromatic heterocycles. The van der Waals surface area contributed by atoms with Gasteiger partial charge in [0.1, 0.15) is 5.75 Å². The SMILES string of the molecule is [2H]c1nc(C([2H])([2H])S(=O)c2nc3c([2H])c([2H])c(OC(F)F)c([2H])c3[nH]2)c(OC)c(OC)c1[2H]. The number of aromatic amines is 1. The number of aromatic nitrogens is 3. The maximum atomic E-state index is 13.1. The third-order valence-corrected chi connectivity index (χ3v) is 3.88. The Morgan fingerprint density at radius 2 is 2.15 bits per heavy atom. The van der Waals surface area contributed by atoms with Gasteiger partial charge in [-0.25, -0.2) is 4.98 Å². The summed E-state index contributed by atoms with van der Waals surface area (Å²) in [5.41, 5.74) is -4.29. The summed E-state index contributed by atoms with van der Waals surface area (Å²) in [5, 5.41) is -0.602. The molecule has 1 N–H and O–H groups in total. The first-order valence-electron chi connectivity index (χ1n) is 10.3. The van der Waals surface area contributed by atoms with Crippen molar-refractivity contribution in [2.24, 2.45) is 0 Å². The van der Waals surface area contributed by atoms with Crippen LogP contribution >= 0.6 is 0 Å². The van der Waals surface area contributed by atoms with Gasteiger partial charge in [-0.1, -0.05) is 0 Å². The van der Waals surface area contributed by atoms with Gasteiger partial charge in [-0.05, 0) is 12.1 Å². The molecule has 10 heteroatoms. The second-order valence-corrected chi connectivity index (χ2v) is 5.61. The van der Waals surface area contributed by atoms with E-state index in [1.807, 2.05) is 0 Å². The van der Waals surface area contributed by atoms with Crippen molar-refractivity contribution in [2.75, 3.05) is 14.2 Å². The van der Waals surface area contributed by atoms with Gasteiger partial charge in [0.2, 0.25) is 0 Å². The lowest BCUT2D eigenvalue weighted by molar-refractivity contribution is -0.0497. The first-order chi connectivity index (χ1) is 15.4. The van der Waals surface area contributed by atoms with Crippen molar-refractivity contribution in [3.63, 3.8) is 0 Å². The topological polar surface area (TPSA) is 86.3 Å². The van der Waals surface area contributed by atoms with Gasteiger partial charge >= 0.3 is 6.61 Å². The van der Waals surface area contributed by atoms with Crippen LogP contribution in [-0.4, -0.2) is 40.0 Å². The second kappa shape index (κ2) is 7.65. The fourth-order valence-corrected chi connectivity index (χ4v) is 2.70. The molecule has 26 heavy (non-hydrogen) atoms. The minimum absolute atomic E-state index is 0.312. The van der Waals surface area contributed by atoms with E-state index < -0.39 is 70.1 Å². The van der Waals surface area contributed by atoms with E-state index in [0.717, 1.165) is 14.2 Å². The van der Waals surface area contributed by atoms with E-state index in [2.05, 4.69) is 19.7 Å². The van der Waals surface area contributed by atoms with E-state index in [4.69, 9.17) is 19.1 Å². The number of nitrogens with zero attached hydrogens (tertiary/aromatic N) is 2. The van der Waals surface area contributed by atoms with Gasteiger partial charge in [0.05, 0.1) is 54.3 Å². The molecule has 0 aliphatic carbocycles. The molecule has 0 spiro atoms. The van der Waals surface area contributed by atoms with E-state index in [-0.39, 0.29) is 22.5 Å². The van der Waals surface area contributed by atoms with Crippen molar-refractivity contribution >= 4 is 21.8 Å². The lowest BCUT2D eigenvalue weighted by Crippen LogP contribution is -2.04. The molecule has 0 fully saturated rings. The van der Waals surface area contributed by atoms with Crippen molar-refractivity contribution in [1.29, 1.82) is 0 Å². The summed E-state index contributed by atoms with van der Waals surface area (Å²) >= 11 is 0. The highest BCUT2D eigenvalue weighted by molar-refractivity contribution is 7.84. The van der Waals surface area contributed by atoms with Crippen LogP contribution in [0.3, 0.4) is 0 Å². The number of ether oxygens (including phenoxy) is 3. The Balaban J connectivity index is 2.20. The molecule has 0 bridgehead atoms. The predicted octanol–water partition coefficient (Wildman–Crippen LogP) is 2.88. The number of fused-ring (bicyclic) bond motifs is 1. The molecular weight excluding hydrogens is 368 g/mol. The summed E-state index contributed by atoms with van der Waals surface area (Å²) in [4.78, 5) is 9.87. The monoisotopic (exact) mass is 390 g/mol. The predicted molar refractivity (Wildman–Crippen MR) is 90.2 cm³/mol. The average molecular weight is 390 g/mol. The Morgan fingerprint density at radius 1 is 1.35 bits per heavy atom. The number of rotatable bonds is 7. The highest BCUT2D eigenvalue weighted by Gasteiger charge is 2.17. The Hall–Kier alpha value is -2.75. The van der Waals surface area contributed by atoms with Crippen LogP contribution in [0.25, 0.3) is 11.0 Å². The quantitative estimate of drug-likeness (QED) is 0.668. The van der Waals surface area contributed by atoms with Gasteiger partial charge < -0.3 is 19.2 Å². The zero-order valence-electron chi connectivity index (χ0n) is 20.3. The van der Waals surface area contributed by atoms with Crippen molar-refractivity contribution < 1.29 is 36.8 Å². The molecule has 2 heterocycles. The summed E-state index contributed by atoms with van der Waals surface area (Å²) in [6.45, 7) is -3.37. The van der Waals surface area contributed by atoms with Gasteiger partial charge in [-0.15, -0.1) is 0 Å². The van der Waals surface area contributed by atoms with Crippen LogP contribution in [0.1, 0.15) is 15.3 Å². The number of halogens is 2. The third kappa shape index (κ3) is 3.74. The number of H-pyrrole nitrogens is 1. The molecule has 0 aliphatic rings. The number of nitrogens with one attached hydrogen (secondary N) is 1. The highest BCUT2D eigenvalue weighted by Crippen LogP contribution is 2.30. The Labute approximate surface area is 159 Å². The first kappa shape index (κ1) is 11.1. The molecule has 0 aliphatic heterocycles. The van der Waals surface area contributed by atoms with Crippen LogP contribution in [0.2, 0.25) is 0 Å². The van der Waals surface area contributed by atoms with Crippen LogP contribution in [0.15, 0.2) is 35.5 Å². The molecule has 0 radical (unpaired) electrons. The summed E-state index contributed by atoms with van der Waals surface area (Å²) in [6, 6.07) is -2.80. The smallest absolute Gasteiger partial charge is 0.387 e.